The lowest BCUT2D eigenvalue weighted by molar-refractivity contribution is 0.0928. The van der Waals surface area contributed by atoms with Crippen LogP contribution in [0.4, 0.5) is 5.69 Å². The lowest BCUT2D eigenvalue weighted by Crippen LogP contribution is -2.35. The second-order valence-corrected chi connectivity index (χ2v) is 7.09. The molecule has 2 heterocycles. The van der Waals surface area contributed by atoms with E-state index in [4.69, 9.17) is 9.47 Å². The van der Waals surface area contributed by atoms with Crippen LogP contribution in [-0.4, -0.2) is 29.6 Å². The Bertz CT molecular complexity index is 876. The number of hydrogen-bond acceptors (Lipinski definition) is 5. The number of nitrogens with one attached hydrogen (secondary N) is 2. The molecule has 2 N–H and O–H groups in total. The molecule has 0 spiro atoms. The van der Waals surface area contributed by atoms with E-state index in [9.17, 15) is 9.59 Å². The Morgan fingerprint density at radius 2 is 1.61 bits per heavy atom. The van der Waals surface area contributed by atoms with Crippen LogP contribution < -0.4 is 20.1 Å². The number of anilines is 1. The summed E-state index contributed by atoms with van der Waals surface area (Å²) in [5.41, 5.74) is 1.01. The molecule has 1 aliphatic heterocycles. The monoisotopic (exact) mass is 381 g/mol. The van der Waals surface area contributed by atoms with Crippen LogP contribution in [-0.2, 0) is 0 Å². The largest absolute Gasteiger partial charge is 0.454 e. The summed E-state index contributed by atoms with van der Waals surface area (Å²) in [5, 5.41) is 5.83. The molecule has 28 heavy (non-hydrogen) atoms. The second-order valence-electron chi connectivity index (χ2n) is 7.09. The molecule has 1 saturated carbocycles. The van der Waals surface area contributed by atoms with Crippen molar-refractivity contribution in [2.45, 2.75) is 44.6 Å². The van der Waals surface area contributed by atoms with Gasteiger partial charge in [0.15, 0.2) is 11.5 Å². The smallest absolute Gasteiger partial charge is 0.274 e. The minimum absolute atomic E-state index is 0.173. The van der Waals surface area contributed by atoms with Crippen LogP contribution in [0.2, 0.25) is 0 Å². The van der Waals surface area contributed by atoms with E-state index in [2.05, 4.69) is 15.6 Å². The van der Waals surface area contributed by atoms with Gasteiger partial charge in [0.05, 0.1) is 0 Å². The molecule has 2 amide bonds. The first-order chi connectivity index (χ1) is 13.7. The number of pyridine rings is 1. The number of hydrogen-bond donors (Lipinski definition) is 2. The Balaban J connectivity index is 1.42. The molecular weight excluding hydrogens is 358 g/mol. The summed E-state index contributed by atoms with van der Waals surface area (Å²) in [7, 11) is 0. The van der Waals surface area contributed by atoms with Crippen LogP contribution in [0.25, 0.3) is 0 Å². The fourth-order valence-electron chi connectivity index (χ4n) is 3.54. The number of benzene rings is 1. The first kappa shape index (κ1) is 18.3. The van der Waals surface area contributed by atoms with Gasteiger partial charge in [-0.15, -0.1) is 0 Å². The van der Waals surface area contributed by atoms with Crippen molar-refractivity contribution in [2.75, 3.05) is 12.1 Å². The molecule has 1 aromatic carbocycles. The van der Waals surface area contributed by atoms with Crippen LogP contribution in [0.3, 0.4) is 0 Å². The zero-order valence-electron chi connectivity index (χ0n) is 15.6. The predicted molar refractivity (Wildman–Crippen MR) is 104 cm³/mol. The highest BCUT2D eigenvalue weighted by Gasteiger charge is 2.19. The van der Waals surface area contributed by atoms with Crippen LogP contribution in [0.1, 0.15) is 59.5 Å². The summed E-state index contributed by atoms with van der Waals surface area (Å²) in [4.78, 5) is 29.3. The van der Waals surface area contributed by atoms with Gasteiger partial charge in [0.1, 0.15) is 11.4 Å². The SMILES string of the molecule is O=C(Nc1ccc2c(c1)OCO2)c1cccc(C(=O)NC2CCCCCC2)n1. The summed E-state index contributed by atoms with van der Waals surface area (Å²) >= 11 is 0. The molecule has 7 nitrogen and oxygen atoms in total. The molecule has 0 unspecified atom stereocenters. The van der Waals surface area contributed by atoms with Crippen LogP contribution in [0, 0.1) is 0 Å². The van der Waals surface area contributed by atoms with Crippen molar-refractivity contribution in [3.05, 3.63) is 47.8 Å². The molecule has 1 aliphatic carbocycles. The molecule has 1 fully saturated rings. The lowest BCUT2D eigenvalue weighted by Gasteiger charge is -2.16. The Hall–Kier alpha value is -3.09. The molecular formula is C21H23N3O4. The number of ether oxygens (including phenoxy) is 2. The number of aromatic nitrogens is 1. The van der Waals surface area contributed by atoms with E-state index in [-0.39, 0.29) is 36.0 Å². The third-order valence-corrected chi connectivity index (χ3v) is 5.04. The van der Waals surface area contributed by atoms with Crippen molar-refractivity contribution in [1.29, 1.82) is 0 Å². The van der Waals surface area contributed by atoms with Crippen molar-refractivity contribution < 1.29 is 19.1 Å². The maximum absolute atomic E-state index is 12.6. The molecule has 0 bridgehead atoms. The predicted octanol–water partition coefficient (Wildman–Crippen LogP) is 3.52. The molecule has 4 rings (SSSR count). The van der Waals surface area contributed by atoms with Crippen molar-refractivity contribution in [2.24, 2.45) is 0 Å². The molecule has 7 heteroatoms. The fraction of sp³-hybridized carbons (Fsp3) is 0.381. The zero-order chi connectivity index (χ0) is 19.3. The number of rotatable bonds is 4. The molecule has 2 aromatic rings. The zero-order valence-corrected chi connectivity index (χ0v) is 15.6. The quantitative estimate of drug-likeness (QED) is 0.791. The second kappa shape index (κ2) is 8.29. The van der Waals surface area contributed by atoms with Crippen LogP contribution in [0.15, 0.2) is 36.4 Å². The van der Waals surface area contributed by atoms with Crippen molar-refractivity contribution in [3.63, 3.8) is 0 Å². The maximum Gasteiger partial charge on any atom is 0.274 e. The van der Waals surface area contributed by atoms with Gasteiger partial charge in [-0.05, 0) is 37.1 Å². The van der Waals surface area contributed by atoms with E-state index in [1.165, 1.54) is 12.8 Å². The van der Waals surface area contributed by atoms with Gasteiger partial charge in [-0.1, -0.05) is 31.7 Å². The third kappa shape index (κ3) is 4.24. The minimum Gasteiger partial charge on any atom is -0.454 e. The Morgan fingerprint density at radius 1 is 0.893 bits per heavy atom. The van der Waals surface area contributed by atoms with Gasteiger partial charge >= 0.3 is 0 Å². The first-order valence-electron chi connectivity index (χ1n) is 9.68. The Labute approximate surface area is 163 Å². The van der Waals surface area contributed by atoms with E-state index in [0.29, 0.717) is 17.2 Å². The third-order valence-electron chi connectivity index (χ3n) is 5.04. The molecule has 0 atom stereocenters. The molecule has 2 aliphatic rings. The number of nitrogens with zero attached hydrogens (tertiary/aromatic N) is 1. The van der Waals surface area contributed by atoms with E-state index in [1.54, 1.807) is 36.4 Å². The average Bonchev–Trinajstić information content (AvgIpc) is 3.03. The number of carbonyl (C=O) groups excluding carboxylic acids is 2. The van der Waals surface area contributed by atoms with Crippen molar-refractivity contribution in [3.8, 4) is 11.5 Å². The number of amides is 2. The molecule has 0 saturated heterocycles. The van der Waals surface area contributed by atoms with E-state index < -0.39 is 0 Å². The van der Waals surface area contributed by atoms with E-state index in [0.717, 1.165) is 25.7 Å². The highest BCUT2D eigenvalue weighted by atomic mass is 16.7. The molecule has 0 radical (unpaired) electrons. The standard InChI is InChI=1S/C21H23N3O4/c25-20(22-14-6-3-1-2-4-7-14)16-8-5-9-17(24-16)21(26)23-15-10-11-18-19(12-15)28-13-27-18/h5,8-12,14H,1-4,6-7,13H2,(H,22,25)(H,23,26). The average molecular weight is 381 g/mol. The van der Waals surface area contributed by atoms with Gasteiger partial charge in [-0.25, -0.2) is 4.98 Å². The highest BCUT2D eigenvalue weighted by Crippen LogP contribution is 2.34. The van der Waals surface area contributed by atoms with Crippen LogP contribution in [0.5, 0.6) is 11.5 Å². The maximum atomic E-state index is 12.6. The van der Waals surface area contributed by atoms with Gasteiger partial charge in [-0.3, -0.25) is 9.59 Å². The topological polar surface area (TPSA) is 89.5 Å². The Morgan fingerprint density at radius 3 is 2.39 bits per heavy atom. The van der Waals surface area contributed by atoms with Gasteiger partial charge in [0.2, 0.25) is 6.79 Å². The van der Waals surface area contributed by atoms with Gasteiger partial charge in [0.25, 0.3) is 11.8 Å². The van der Waals surface area contributed by atoms with Crippen molar-refractivity contribution >= 4 is 17.5 Å². The fourth-order valence-corrected chi connectivity index (χ4v) is 3.54. The molecule has 146 valence electrons. The number of fused-ring (bicyclic) bond motifs is 1. The van der Waals surface area contributed by atoms with Gasteiger partial charge in [-0.2, -0.15) is 0 Å². The van der Waals surface area contributed by atoms with Crippen molar-refractivity contribution in [1.82, 2.24) is 10.3 Å². The highest BCUT2D eigenvalue weighted by molar-refractivity contribution is 6.04. The molecule has 1 aromatic heterocycles. The van der Waals surface area contributed by atoms with Gasteiger partial charge < -0.3 is 20.1 Å². The minimum atomic E-state index is -0.386. The summed E-state index contributed by atoms with van der Waals surface area (Å²) in [6.45, 7) is 0.173. The summed E-state index contributed by atoms with van der Waals surface area (Å²) in [5.74, 6) is 0.614. The lowest BCUT2D eigenvalue weighted by atomic mass is 10.1. The normalized spacial score (nSPS) is 16.3. The van der Waals surface area contributed by atoms with E-state index in [1.807, 2.05) is 0 Å². The van der Waals surface area contributed by atoms with E-state index >= 15 is 0 Å². The summed E-state index contributed by atoms with van der Waals surface area (Å²) in [6, 6.07) is 10.2. The Kier molecular flexibility index (Phi) is 5.41. The summed E-state index contributed by atoms with van der Waals surface area (Å²) < 4.78 is 10.6. The van der Waals surface area contributed by atoms with Crippen LogP contribution >= 0.6 is 0 Å². The first-order valence-corrected chi connectivity index (χ1v) is 9.68. The van der Waals surface area contributed by atoms with Gasteiger partial charge in [0, 0.05) is 17.8 Å². The number of carbonyl (C=O) groups is 2. The summed E-state index contributed by atoms with van der Waals surface area (Å²) in [6.07, 6.45) is 6.71.